The Kier molecular flexibility index (Phi) is 4.35. The van der Waals surface area contributed by atoms with Gasteiger partial charge in [0.1, 0.15) is 0 Å². The molecule has 2 aromatic rings. The summed E-state index contributed by atoms with van der Waals surface area (Å²) in [6.07, 6.45) is 3.17. The predicted molar refractivity (Wildman–Crippen MR) is 73.8 cm³/mol. The number of fused-ring (bicyclic) bond motifs is 1. The Morgan fingerprint density at radius 2 is 1.83 bits per heavy atom. The zero-order valence-electron chi connectivity index (χ0n) is 10.7. The summed E-state index contributed by atoms with van der Waals surface area (Å²) in [5.41, 5.74) is 0.630. The van der Waals surface area contributed by atoms with E-state index in [-0.39, 0.29) is 5.97 Å². The maximum absolute atomic E-state index is 11.8. The number of hydrogen-bond donors (Lipinski definition) is 0. The summed E-state index contributed by atoms with van der Waals surface area (Å²) in [5.74, 6) is -0.225. The van der Waals surface area contributed by atoms with Crippen LogP contribution < -0.4 is 0 Å². The van der Waals surface area contributed by atoms with E-state index in [2.05, 4.69) is 6.92 Å². The minimum absolute atomic E-state index is 0.225. The molecule has 0 aliphatic rings. The molecule has 0 saturated carbocycles. The van der Waals surface area contributed by atoms with Crippen molar-refractivity contribution in [1.29, 1.82) is 0 Å². The third kappa shape index (κ3) is 3.10. The van der Waals surface area contributed by atoms with Crippen molar-refractivity contribution in [2.75, 3.05) is 6.61 Å². The van der Waals surface area contributed by atoms with Crippen LogP contribution in [0.3, 0.4) is 0 Å². The molecule has 0 atom stereocenters. The molecule has 18 heavy (non-hydrogen) atoms. The van der Waals surface area contributed by atoms with E-state index in [0.29, 0.717) is 12.2 Å². The number of carbonyl (C=O) groups is 1. The summed E-state index contributed by atoms with van der Waals surface area (Å²) in [6.45, 7) is 2.64. The molecule has 2 nitrogen and oxygen atoms in total. The van der Waals surface area contributed by atoms with Gasteiger partial charge in [0.2, 0.25) is 0 Å². The summed E-state index contributed by atoms with van der Waals surface area (Å²) in [5, 5.41) is 2.21. The number of esters is 1. The maximum Gasteiger partial charge on any atom is 0.338 e. The SMILES string of the molecule is CCCCCOC(=O)c1ccc2ccccc2c1. The molecule has 0 spiro atoms. The lowest BCUT2D eigenvalue weighted by Gasteiger charge is -2.05. The average Bonchev–Trinajstić information content (AvgIpc) is 2.43. The van der Waals surface area contributed by atoms with Gasteiger partial charge in [0.05, 0.1) is 12.2 Å². The second-order valence-electron chi connectivity index (χ2n) is 4.40. The van der Waals surface area contributed by atoms with E-state index in [9.17, 15) is 4.79 Å². The number of rotatable bonds is 5. The Balaban J connectivity index is 2.04. The summed E-state index contributed by atoms with van der Waals surface area (Å²) in [6, 6.07) is 13.7. The Bertz CT molecular complexity index is 531. The summed E-state index contributed by atoms with van der Waals surface area (Å²) < 4.78 is 5.24. The van der Waals surface area contributed by atoms with E-state index >= 15 is 0 Å². The average molecular weight is 242 g/mol. The lowest BCUT2D eigenvalue weighted by atomic mass is 10.1. The van der Waals surface area contributed by atoms with Crippen LogP contribution in [-0.4, -0.2) is 12.6 Å². The van der Waals surface area contributed by atoms with Gasteiger partial charge in [0.15, 0.2) is 0 Å². The second kappa shape index (κ2) is 6.20. The number of hydrogen-bond acceptors (Lipinski definition) is 2. The van der Waals surface area contributed by atoms with Crippen LogP contribution in [0.25, 0.3) is 10.8 Å². The molecule has 2 heteroatoms. The molecule has 0 amide bonds. The maximum atomic E-state index is 11.8. The van der Waals surface area contributed by atoms with E-state index in [1.54, 1.807) is 0 Å². The van der Waals surface area contributed by atoms with Gasteiger partial charge in [-0.2, -0.15) is 0 Å². The highest BCUT2D eigenvalue weighted by atomic mass is 16.5. The Hall–Kier alpha value is -1.83. The topological polar surface area (TPSA) is 26.3 Å². The van der Waals surface area contributed by atoms with Crippen molar-refractivity contribution < 1.29 is 9.53 Å². The number of benzene rings is 2. The molecular formula is C16H18O2. The van der Waals surface area contributed by atoms with Gasteiger partial charge < -0.3 is 4.74 Å². The van der Waals surface area contributed by atoms with E-state index in [0.717, 1.165) is 30.0 Å². The minimum Gasteiger partial charge on any atom is -0.462 e. The number of ether oxygens (including phenoxy) is 1. The van der Waals surface area contributed by atoms with Crippen LogP contribution in [0.15, 0.2) is 42.5 Å². The summed E-state index contributed by atoms with van der Waals surface area (Å²) >= 11 is 0. The largest absolute Gasteiger partial charge is 0.462 e. The molecule has 2 rings (SSSR count). The van der Waals surface area contributed by atoms with E-state index in [4.69, 9.17) is 4.74 Å². The van der Waals surface area contributed by atoms with Crippen LogP contribution in [-0.2, 0) is 4.74 Å². The van der Waals surface area contributed by atoms with Gasteiger partial charge in [0.25, 0.3) is 0 Å². The van der Waals surface area contributed by atoms with Crippen molar-refractivity contribution in [3.63, 3.8) is 0 Å². The van der Waals surface area contributed by atoms with Crippen LogP contribution >= 0.6 is 0 Å². The third-order valence-corrected chi connectivity index (χ3v) is 2.97. The second-order valence-corrected chi connectivity index (χ2v) is 4.40. The van der Waals surface area contributed by atoms with Gasteiger partial charge in [-0.1, -0.05) is 50.1 Å². The number of unbranched alkanes of at least 4 members (excludes halogenated alkanes) is 2. The van der Waals surface area contributed by atoms with E-state index in [1.807, 2.05) is 42.5 Å². The van der Waals surface area contributed by atoms with Crippen molar-refractivity contribution in [3.8, 4) is 0 Å². The van der Waals surface area contributed by atoms with E-state index < -0.39 is 0 Å². The van der Waals surface area contributed by atoms with Crippen LogP contribution in [0.1, 0.15) is 36.5 Å². The first-order chi connectivity index (χ1) is 8.81. The van der Waals surface area contributed by atoms with Crippen LogP contribution in [0.4, 0.5) is 0 Å². The highest BCUT2D eigenvalue weighted by Crippen LogP contribution is 2.16. The Morgan fingerprint density at radius 1 is 1.06 bits per heavy atom. The van der Waals surface area contributed by atoms with Crippen molar-refractivity contribution in [3.05, 3.63) is 48.0 Å². The Labute approximate surface area is 108 Å². The van der Waals surface area contributed by atoms with Gasteiger partial charge in [0, 0.05) is 0 Å². The summed E-state index contributed by atoms with van der Waals surface area (Å²) in [7, 11) is 0. The first kappa shape index (κ1) is 12.6. The fourth-order valence-electron chi connectivity index (χ4n) is 1.92. The molecule has 0 aliphatic heterocycles. The van der Waals surface area contributed by atoms with Gasteiger partial charge in [-0.25, -0.2) is 4.79 Å². The van der Waals surface area contributed by atoms with Gasteiger partial charge >= 0.3 is 5.97 Å². The molecule has 0 N–H and O–H groups in total. The molecule has 0 aromatic heterocycles. The van der Waals surface area contributed by atoms with E-state index in [1.165, 1.54) is 0 Å². The molecule has 0 fully saturated rings. The predicted octanol–water partition coefficient (Wildman–Crippen LogP) is 4.19. The first-order valence-corrected chi connectivity index (χ1v) is 6.47. The minimum atomic E-state index is -0.225. The standard InChI is InChI=1S/C16H18O2/c1-2-3-6-11-18-16(17)15-10-9-13-7-4-5-8-14(13)12-15/h4-5,7-10,12H,2-3,6,11H2,1H3. The highest BCUT2D eigenvalue weighted by molar-refractivity contribution is 5.95. The smallest absolute Gasteiger partial charge is 0.338 e. The van der Waals surface area contributed by atoms with Gasteiger partial charge in [-0.15, -0.1) is 0 Å². The molecule has 2 aromatic carbocycles. The third-order valence-electron chi connectivity index (χ3n) is 2.97. The molecular weight excluding hydrogens is 224 g/mol. The first-order valence-electron chi connectivity index (χ1n) is 6.47. The molecule has 0 aliphatic carbocycles. The fraction of sp³-hybridized carbons (Fsp3) is 0.312. The molecule has 94 valence electrons. The van der Waals surface area contributed by atoms with Crippen molar-refractivity contribution >= 4 is 16.7 Å². The fourth-order valence-corrected chi connectivity index (χ4v) is 1.92. The molecule has 0 radical (unpaired) electrons. The lowest BCUT2D eigenvalue weighted by molar-refractivity contribution is 0.0498. The van der Waals surface area contributed by atoms with Crippen LogP contribution in [0.5, 0.6) is 0 Å². The normalized spacial score (nSPS) is 10.5. The van der Waals surface area contributed by atoms with Crippen molar-refractivity contribution in [1.82, 2.24) is 0 Å². The molecule has 0 saturated heterocycles. The van der Waals surface area contributed by atoms with Crippen LogP contribution in [0, 0.1) is 0 Å². The van der Waals surface area contributed by atoms with Crippen molar-refractivity contribution in [2.45, 2.75) is 26.2 Å². The summed E-state index contributed by atoms with van der Waals surface area (Å²) in [4.78, 5) is 11.8. The molecule has 0 bridgehead atoms. The zero-order chi connectivity index (χ0) is 12.8. The van der Waals surface area contributed by atoms with Gasteiger partial charge in [-0.05, 0) is 29.3 Å². The quantitative estimate of drug-likeness (QED) is 0.580. The lowest BCUT2D eigenvalue weighted by Crippen LogP contribution is -2.06. The number of carbonyl (C=O) groups excluding carboxylic acids is 1. The monoisotopic (exact) mass is 242 g/mol. The van der Waals surface area contributed by atoms with Crippen molar-refractivity contribution in [2.24, 2.45) is 0 Å². The van der Waals surface area contributed by atoms with Crippen LogP contribution in [0.2, 0.25) is 0 Å². The Morgan fingerprint density at radius 3 is 2.61 bits per heavy atom. The molecule has 0 heterocycles. The zero-order valence-corrected chi connectivity index (χ0v) is 10.7. The molecule has 0 unspecified atom stereocenters. The highest BCUT2D eigenvalue weighted by Gasteiger charge is 2.07. The van der Waals surface area contributed by atoms with Gasteiger partial charge in [-0.3, -0.25) is 0 Å².